The van der Waals surface area contributed by atoms with E-state index in [0.717, 1.165) is 11.4 Å². The average Bonchev–Trinajstić information content (AvgIpc) is 2.54. The van der Waals surface area contributed by atoms with Crippen LogP contribution in [0.4, 0.5) is 11.6 Å². The van der Waals surface area contributed by atoms with Gasteiger partial charge >= 0.3 is 0 Å². The largest absolute Gasteiger partial charge is 0.399 e. The molecule has 128 valence electrons. The lowest BCUT2D eigenvalue weighted by Crippen LogP contribution is -2.49. The van der Waals surface area contributed by atoms with E-state index >= 15 is 0 Å². The molecule has 0 amide bonds. The predicted molar refractivity (Wildman–Crippen MR) is 93.3 cm³/mol. The summed E-state index contributed by atoms with van der Waals surface area (Å²) in [7, 11) is -3.49. The van der Waals surface area contributed by atoms with Gasteiger partial charge in [0.25, 0.3) is 0 Å². The van der Waals surface area contributed by atoms with Gasteiger partial charge in [0.2, 0.25) is 16.0 Å². The molecule has 1 aliphatic rings. The van der Waals surface area contributed by atoms with Gasteiger partial charge in [0.15, 0.2) is 0 Å². The molecule has 0 spiro atoms. The monoisotopic (exact) mass is 347 g/mol. The number of aromatic nitrogens is 2. The van der Waals surface area contributed by atoms with E-state index in [1.165, 1.54) is 4.31 Å². The molecular weight excluding hydrogens is 326 g/mol. The zero-order valence-corrected chi connectivity index (χ0v) is 14.6. The van der Waals surface area contributed by atoms with Crippen molar-refractivity contribution in [3.63, 3.8) is 0 Å². The molecule has 24 heavy (non-hydrogen) atoms. The number of nitrogen functional groups attached to an aromatic ring is 1. The summed E-state index contributed by atoms with van der Waals surface area (Å²) in [5.41, 5.74) is 8.00. The highest BCUT2D eigenvalue weighted by Gasteiger charge is 2.29. The van der Waals surface area contributed by atoms with E-state index in [0.29, 0.717) is 37.8 Å². The molecule has 1 aliphatic heterocycles. The second-order valence-corrected chi connectivity index (χ2v) is 7.85. The van der Waals surface area contributed by atoms with Crippen LogP contribution >= 0.6 is 0 Å². The van der Waals surface area contributed by atoms with Crippen LogP contribution in [0.5, 0.6) is 0 Å². The maximum Gasteiger partial charge on any atom is 0.243 e. The van der Waals surface area contributed by atoms with Crippen LogP contribution in [-0.4, -0.2) is 48.9 Å². The lowest BCUT2D eigenvalue weighted by atomic mass is 10.3. The Morgan fingerprint density at radius 2 is 1.50 bits per heavy atom. The number of anilines is 2. The highest BCUT2D eigenvalue weighted by atomic mass is 32.2. The summed E-state index contributed by atoms with van der Waals surface area (Å²) in [6.45, 7) is 5.81. The van der Waals surface area contributed by atoms with E-state index in [1.54, 1.807) is 24.3 Å². The van der Waals surface area contributed by atoms with Gasteiger partial charge in [0, 0.05) is 43.3 Å². The van der Waals surface area contributed by atoms with Gasteiger partial charge in [-0.2, -0.15) is 4.31 Å². The Kier molecular flexibility index (Phi) is 4.42. The van der Waals surface area contributed by atoms with Gasteiger partial charge in [0.1, 0.15) is 0 Å². The number of nitrogens with two attached hydrogens (primary N) is 1. The molecule has 0 bridgehead atoms. The third kappa shape index (κ3) is 3.34. The van der Waals surface area contributed by atoms with Crippen LogP contribution in [0.2, 0.25) is 0 Å². The molecule has 1 aromatic carbocycles. The zero-order chi connectivity index (χ0) is 17.3. The van der Waals surface area contributed by atoms with Crippen molar-refractivity contribution in [1.29, 1.82) is 0 Å². The molecule has 0 aliphatic carbocycles. The fourth-order valence-electron chi connectivity index (χ4n) is 2.77. The predicted octanol–water partition coefficient (Wildman–Crippen LogP) is 1.19. The number of sulfonamides is 1. The Morgan fingerprint density at radius 3 is 2.04 bits per heavy atom. The molecule has 0 saturated carbocycles. The van der Waals surface area contributed by atoms with Crippen LogP contribution in [0, 0.1) is 13.8 Å². The summed E-state index contributed by atoms with van der Waals surface area (Å²) in [6.07, 6.45) is 0. The normalized spacial score (nSPS) is 16.3. The number of piperazine rings is 1. The third-order valence-corrected chi connectivity index (χ3v) is 5.92. The Bertz CT molecular complexity index is 808. The number of aryl methyl sites for hydroxylation is 2. The summed E-state index contributed by atoms with van der Waals surface area (Å²) >= 11 is 0. The first-order chi connectivity index (χ1) is 11.4. The second kappa shape index (κ2) is 6.37. The minimum Gasteiger partial charge on any atom is -0.399 e. The van der Waals surface area contributed by atoms with Crippen LogP contribution in [0.1, 0.15) is 11.4 Å². The Morgan fingerprint density at radius 1 is 0.958 bits per heavy atom. The number of hydrogen-bond donors (Lipinski definition) is 1. The van der Waals surface area contributed by atoms with Crippen LogP contribution in [0.25, 0.3) is 0 Å². The van der Waals surface area contributed by atoms with Gasteiger partial charge in [-0.3, -0.25) is 0 Å². The van der Waals surface area contributed by atoms with E-state index in [2.05, 4.69) is 9.97 Å². The number of hydrogen-bond acceptors (Lipinski definition) is 6. The summed E-state index contributed by atoms with van der Waals surface area (Å²) < 4.78 is 26.9. The number of benzene rings is 1. The molecule has 3 rings (SSSR count). The lowest BCUT2D eigenvalue weighted by molar-refractivity contribution is 0.382. The summed E-state index contributed by atoms with van der Waals surface area (Å²) in [5, 5.41) is 0. The topological polar surface area (TPSA) is 92.4 Å². The molecule has 2 heterocycles. The van der Waals surface area contributed by atoms with Crippen LogP contribution < -0.4 is 10.6 Å². The Balaban J connectivity index is 1.73. The van der Waals surface area contributed by atoms with Crippen molar-refractivity contribution in [1.82, 2.24) is 14.3 Å². The Hall–Kier alpha value is -2.19. The SMILES string of the molecule is Cc1cc(C)nc(N2CCN(S(=O)(=O)c3ccc(N)cc3)CC2)n1. The van der Waals surface area contributed by atoms with Gasteiger partial charge in [-0.1, -0.05) is 0 Å². The molecule has 1 saturated heterocycles. The van der Waals surface area contributed by atoms with Crippen molar-refractivity contribution < 1.29 is 8.42 Å². The standard InChI is InChI=1S/C16H21N5O2S/c1-12-11-13(2)19-16(18-12)20-7-9-21(10-8-20)24(22,23)15-5-3-14(17)4-6-15/h3-6,11H,7-10,17H2,1-2H3. The van der Waals surface area contributed by atoms with Crippen molar-refractivity contribution in [2.45, 2.75) is 18.7 Å². The molecule has 2 aromatic rings. The minimum atomic E-state index is -3.49. The van der Waals surface area contributed by atoms with Gasteiger partial charge in [0.05, 0.1) is 4.90 Å². The molecular formula is C16H21N5O2S. The first-order valence-electron chi connectivity index (χ1n) is 7.79. The van der Waals surface area contributed by atoms with Crippen LogP contribution in [-0.2, 0) is 10.0 Å². The summed E-state index contributed by atoms with van der Waals surface area (Å²) in [4.78, 5) is 11.2. The molecule has 7 nitrogen and oxygen atoms in total. The van der Waals surface area contributed by atoms with Crippen LogP contribution in [0.3, 0.4) is 0 Å². The fraction of sp³-hybridized carbons (Fsp3) is 0.375. The quantitative estimate of drug-likeness (QED) is 0.839. The molecule has 8 heteroatoms. The number of rotatable bonds is 3. The summed E-state index contributed by atoms with van der Waals surface area (Å²) in [5.74, 6) is 0.664. The van der Waals surface area contributed by atoms with Gasteiger partial charge < -0.3 is 10.6 Å². The van der Waals surface area contributed by atoms with Gasteiger partial charge in [-0.15, -0.1) is 0 Å². The summed E-state index contributed by atoms with van der Waals surface area (Å²) in [6, 6.07) is 8.22. The van der Waals surface area contributed by atoms with Crippen molar-refractivity contribution >= 4 is 21.7 Å². The Labute approximate surface area is 142 Å². The third-order valence-electron chi connectivity index (χ3n) is 4.01. The maximum absolute atomic E-state index is 12.7. The van der Waals surface area contributed by atoms with Gasteiger partial charge in [-0.05, 0) is 44.2 Å². The zero-order valence-electron chi connectivity index (χ0n) is 13.8. The van der Waals surface area contributed by atoms with E-state index in [1.807, 2.05) is 24.8 Å². The minimum absolute atomic E-state index is 0.271. The molecule has 1 aromatic heterocycles. The van der Waals surface area contributed by atoms with E-state index < -0.39 is 10.0 Å². The van der Waals surface area contributed by atoms with Crippen LogP contribution in [0.15, 0.2) is 35.2 Å². The lowest BCUT2D eigenvalue weighted by Gasteiger charge is -2.34. The van der Waals surface area contributed by atoms with Crippen molar-refractivity contribution in [2.75, 3.05) is 36.8 Å². The first kappa shape index (κ1) is 16.7. The average molecular weight is 347 g/mol. The fourth-order valence-corrected chi connectivity index (χ4v) is 4.19. The maximum atomic E-state index is 12.7. The molecule has 0 atom stereocenters. The van der Waals surface area contributed by atoms with Crippen molar-refractivity contribution in [3.8, 4) is 0 Å². The van der Waals surface area contributed by atoms with E-state index in [9.17, 15) is 8.42 Å². The molecule has 2 N–H and O–H groups in total. The van der Waals surface area contributed by atoms with Gasteiger partial charge in [-0.25, -0.2) is 18.4 Å². The van der Waals surface area contributed by atoms with Crippen molar-refractivity contribution in [3.05, 3.63) is 41.7 Å². The van der Waals surface area contributed by atoms with E-state index in [4.69, 9.17) is 5.73 Å². The first-order valence-corrected chi connectivity index (χ1v) is 9.23. The number of nitrogens with zero attached hydrogens (tertiary/aromatic N) is 4. The highest BCUT2D eigenvalue weighted by Crippen LogP contribution is 2.20. The highest BCUT2D eigenvalue weighted by molar-refractivity contribution is 7.89. The smallest absolute Gasteiger partial charge is 0.243 e. The van der Waals surface area contributed by atoms with E-state index in [-0.39, 0.29) is 4.90 Å². The molecule has 0 radical (unpaired) electrons. The second-order valence-electron chi connectivity index (χ2n) is 5.91. The molecule has 0 unspecified atom stereocenters. The van der Waals surface area contributed by atoms with Crippen molar-refractivity contribution in [2.24, 2.45) is 0 Å². The molecule has 1 fully saturated rings.